The van der Waals surface area contributed by atoms with Gasteiger partial charge in [0.2, 0.25) is 0 Å². The van der Waals surface area contributed by atoms with E-state index >= 15 is 0 Å². The molecule has 0 atom stereocenters. The Labute approximate surface area is 155 Å². The van der Waals surface area contributed by atoms with E-state index in [1.165, 1.54) is 22.1 Å². The highest BCUT2D eigenvalue weighted by atomic mass is 14.7. The van der Waals surface area contributed by atoms with Crippen LogP contribution in [0.1, 0.15) is 29.8 Å². The van der Waals surface area contributed by atoms with Crippen LogP contribution in [0.2, 0.25) is 0 Å². The molecule has 0 saturated carbocycles. The predicted molar refractivity (Wildman–Crippen MR) is 116 cm³/mol. The summed E-state index contributed by atoms with van der Waals surface area (Å²) in [6, 6.07) is 29.2. The third kappa shape index (κ3) is 3.84. The smallest absolute Gasteiger partial charge is 0.0465 e. The third-order valence-electron chi connectivity index (χ3n) is 4.26. The van der Waals surface area contributed by atoms with Crippen molar-refractivity contribution in [1.29, 1.82) is 0 Å². The van der Waals surface area contributed by atoms with Crippen molar-refractivity contribution in [3.05, 3.63) is 107 Å². The van der Waals surface area contributed by atoms with Gasteiger partial charge in [-0.2, -0.15) is 0 Å². The Morgan fingerprint density at radius 3 is 1.73 bits per heavy atom. The van der Waals surface area contributed by atoms with Gasteiger partial charge in [0.15, 0.2) is 0 Å². The van der Waals surface area contributed by atoms with Gasteiger partial charge in [-0.3, -0.25) is 0 Å². The quantitative estimate of drug-likeness (QED) is 0.407. The lowest BCUT2D eigenvalue weighted by Gasteiger charge is -1.97. The first-order valence-corrected chi connectivity index (χ1v) is 8.47. The number of rotatable bonds is 4. The van der Waals surface area contributed by atoms with Gasteiger partial charge in [0.1, 0.15) is 0 Å². The fourth-order valence-electron chi connectivity index (χ4n) is 2.98. The van der Waals surface area contributed by atoms with Crippen LogP contribution in [0.25, 0.3) is 35.2 Å². The molecule has 1 heteroatoms. The Balaban J connectivity index is 0.00000196. The highest BCUT2D eigenvalue weighted by Gasteiger charge is 2.06. The van der Waals surface area contributed by atoms with Crippen LogP contribution in [0.15, 0.2) is 84.9 Å². The van der Waals surface area contributed by atoms with Crippen LogP contribution in [-0.4, -0.2) is 4.98 Å². The van der Waals surface area contributed by atoms with E-state index in [2.05, 4.69) is 102 Å². The lowest BCUT2D eigenvalue weighted by atomic mass is 10.1. The van der Waals surface area contributed by atoms with Crippen molar-refractivity contribution in [2.75, 3.05) is 0 Å². The summed E-state index contributed by atoms with van der Waals surface area (Å²) in [7, 11) is 0. The minimum Gasteiger partial charge on any atom is -0.355 e. The number of aromatic nitrogens is 1. The lowest BCUT2D eigenvalue weighted by molar-refractivity contribution is 1.42. The molecule has 0 radical (unpaired) electrons. The van der Waals surface area contributed by atoms with Crippen molar-refractivity contribution in [2.45, 2.75) is 7.43 Å². The van der Waals surface area contributed by atoms with Crippen LogP contribution in [0, 0.1) is 0 Å². The summed E-state index contributed by atoms with van der Waals surface area (Å²) in [5, 5.41) is 1.24. The van der Waals surface area contributed by atoms with Gasteiger partial charge >= 0.3 is 0 Å². The minimum absolute atomic E-state index is 0. The van der Waals surface area contributed by atoms with Gasteiger partial charge in [0.25, 0.3) is 0 Å². The summed E-state index contributed by atoms with van der Waals surface area (Å²) in [5.41, 5.74) is 5.89. The molecule has 0 aliphatic rings. The molecule has 128 valence electrons. The Bertz CT molecular complexity index is 1020. The SMILES string of the molecule is C.C(=C\c1[nH]c2ccccc2c1/C=C/c1ccccc1)/c1ccccc1. The van der Waals surface area contributed by atoms with Crippen LogP contribution in [0.5, 0.6) is 0 Å². The summed E-state index contributed by atoms with van der Waals surface area (Å²) in [6.45, 7) is 0. The maximum absolute atomic E-state index is 3.53. The van der Waals surface area contributed by atoms with Crippen LogP contribution >= 0.6 is 0 Å². The first kappa shape index (κ1) is 17.5. The van der Waals surface area contributed by atoms with Crippen LogP contribution in [-0.2, 0) is 0 Å². The zero-order chi connectivity index (χ0) is 16.9. The van der Waals surface area contributed by atoms with Gasteiger partial charge < -0.3 is 4.98 Å². The Morgan fingerprint density at radius 1 is 0.538 bits per heavy atom. The maximum atomic E-state index is 3.53. The number of hydrogen-bond acceptors (Lipinski definition) is 0. The average Bonchev–Trinajstić information content (AvgIpc) is 3.04. The zero-order valence-electron chi connectivity index (χ0n) is 13.9. The van der Waals surface area contributed by atoms with E-state index in [0.717, 1.165) is 11.2 Å². The zero-order valence-corrected chi connectivity index (χ0v) is 13.9. The summed E-state index contributed by atoms with van der Waals surface area (Å²) in [6.07, 6.45) is 8.65. The van der Waals surface area contributed by atoms with Crippen molar-refractivity contribution in [2.24, 2.45) is 0 Å². The molecule has 1 aromatic heterocycles. The number of fused-ring (bicyclic) bond motifs is 1. The second-order valence-corrected chi connectivity index (χ2v) is 5.99. The van der Waals surface area contributed by atoms with Crippen molar-refractivity contribution in [3.8, 4) is 0 Å². The molecular weight excluding hydrogens is 314 g/mol. The second kappa shape index (κ2) is 8.17. The van der Waals surface area contributed by atoms with Gasteiger partial charge in [-0.1, -0.05) is 105 Å². The molecule has 0 spiro atoms. The molecule has 26 heavy (non-hydrogen) atoms. The van der Waals surface area contributed by atoms with E-state index in [4.69, 9.17) is 0 Å². The van der Waals surface area contributed by atoms with Crippen LogP contribution in [0.3, 0.4) is 0 Å². The first-order valence-electron chi connectivity index (χ1n) is 8.47. The molecule has 1 nitrogen and oxygen atoms in total. The molecule has 4 aromatic rings. The molecular formula is C25H23N. The van der Waals surface area contributed by atoms with E-state index in [1.54, 1.807) is 0 Å². The van der Waals surface area contributed by atoms with Crippen molar-refractivity contribution in [1.82, 2.24) is 4.98 Å². The predicted octanol–water partition coefficient (Wildman–Crippen LogP) is 7.14. The fraction of sp³-hybridized carbons (Fsp3) is 0.0400. The monoisotopic (exact) mass is 337 g/mol. The highest BCUT2D eigenvalue weighted by molar-refractivity contribution is 5.96. The molecule has 0 amide bonds. The van der Waals surface area contributed by atoms with Crippen LogP contribution < -0.4 is 0 Å². The molecule has 0 aliphatic heterocycles. The van der Waals surface area contributed by atoms with Crippen LogP contribution in [0.4, 0.5) is 0 Å². The minimum atomic E-state index is 0. The Hall–Kier alpha value is -3.32. The number of aromatic amines is 1. The molecule has 0 unspecified atom stereocenters. The summed E-state index contributed by atoms with van der Waals surface area (Å²) in [4.78, 5) is 3.53. The highest BCUT2D eigenvalue weighted by Crippen LogP contribution is 2.26. The normalized spacial score (nSPS) is 11.2. The second-order valence-electron chi connectivity index (χ2n) is 5.99. The fourth-order valence-corrected chi connectivity index (χ4v) is 2.98. The van der Waals surface area contributed by atoms with Gasteiger partial charge in [-0.15, -0.1) is 0 Å². The summed E-state index contributed by atoms with van der Waals surface area (Å²) in [5.74, 6) is 0. The number of nitrogens with one attached hydrogen (secondary N) is 1. The number of hydrogen-bond donors (Lipinski definition) is 1. The number of para-hydroxylation sites is 1. The van der Waals surface area contributed by atoms with E-state index in [-0.39, 0.29) is 7.43 Å². The topological polar surface area (TPSA) is 15.8 Å². The molecule has 1 heterocycles. The first-order chi connectivity index (χ1) is 12.4. The van der Waals surface area contributed by atoms with Gasteiger partial charge in [-0.05, 0) is 23.3 Å². The van der Waals surface area contributed by atoms with Gasteiger partial charge in [-0.25, -0.2) is 0 Å². The van der Waals surface area contributed by atoms with E-state index < -0.39 is 0 Å². The van der Waals surface area contributed by atoms with Crippen molar-refractivity contribution >= 4 is 35.2 Å². The third-order valence-corrected chi connectivity index (χ3v) is 4.26. The molecule has 0 saturated heterocycles. The number of H-pyrrole nitrogens is 1. The molecule has 0 fully saturated rings. The van der Waals surface area contributed by atoms with E-state index in [9.17, 15) is 0 Å². The summed E-state index contributed by atoms with van der Waals surface area (Å²) < 4.78 is 0. The largest absolute Gasteiger partial charge is 0.355 e. The molecule has 4 rings (SSSR count). The van der Waals surface area contributed by atoms with Gasteiger partial charge in [0, 0.05) is 22.2 Å². The summed E-state index contributed by atoms with van der Waals surface area (Å²) >= 11 is 0. The van der Waals surface area contributed by atoms with Gasteiger partial charge in [0.05, 0.1) is 0 Å². The molecule has 3 aromatic carbocycles. The maximum Gasteiger partial charge on any atom is 0.0465 e. The average molecular weight is 337 g/mol. The number of benzene rings is 3. The van der Waals surface area contributed by atoms with E-state index in [1.807, 2.05) is 12.1 Å². The van der Waals surface area contributed by atoms with Crippen molar-refractivity contribution < 1.29 is 0 Å². The lowest BCUT2D eigenvalue weighted by Crippen LogP contribution is -1.77. The molecule has 0 aliphatic carbocycles. The van der Waals surface area contributed by atoms with Crippen molar-refractivity contribution in [3.63, 3.8) is 0 Å². The Morgan fingerprint density at radius 2 is 1.08 bits per heavy atom. The molecule has 1 N–H and O–H groups in total. The standard InChI is InChI=1S/C24H19N.CH4/c1-3-9-19(10-4-1)15-17-22-21-13-7-8-14-23(21)25-24(22)18-16-20-11-5-2-6-12-20;/h1-18,25H;1H4/b17-15+,18-16+;. The Kier molecular flexibility index (Phi) is 5.50. The van der Waals surface area contributed by atoms with E-state index in [0.29, 0.717) is 0 Å². The molecule has 0 bridgehead atoms.